The van der Waals surface area contributed by atoms with Crippen molar-refractivity contribution in [3.05, 3.63) is 47.8 Å². The van der Waals surface area contributed by atoms with E-state index in [2.05, 4.69) is 25.3 Å². The van der Waals surface area contributed by atoms with E-state index in [-0.39, 0.29) is 17.8 Å². The third-order valence-corrected chi connectivity index (χ3v) is 4.81. The van der Waals surface area contributed by atoms with E-state index in [1.165, 1.54) is 6.07 Å². The monoisotopic (exact) mass is 356 g/mol. The van der Waals surface area contributed by atoms with Crippen molar-refractivity contribution < 1.29 is 9.18 Å². The number of H-pyrrole nitrogens is 1. The molecule has 1 fully saturated rings. The van der Waals surface area contributed by atoms with Gasteiger partial charge in [-0.2, -0.15) is 5.10 Å². The van der Waals surface area contributed by atoms with Crippen LogP contribution in [0.2, 0.25) is 0 Å². The van der Waals surface area contributed by atoms with Gasteiger partial charge in [0.1, 0.15) is 17.0 Å². The maximum absolute atomic E-state index is 13.8. The molecule has 26 heavy (non-hydrogen) atoms. The van der Waals surface area contributed by atoms with Crippen molar-refractivity contribution in [1.82, 2.24) is 30.0 Å². The second-order valence-electron chi connectivity index (χ2n) is 6.61. The van der Waals surface area contributed by atoms with Crippen molar-refractivity contribution in [3.8, 4) is 0 Å². The van der Waals surface area contributed by atoms with Crippen LogP contribution >= 0.6 is 0 Å². The smallest absolute Gasteiger partial charge is 0.271 e. The Labute approximate surface area is 150 Å². The molecule has 1 aromatic carbocycles. The van der Waals surface area contributed by atoms with E-state index >= 15 is 0 Å². The molecule has 7 nitrogen and oxygen atoms in total. The zero-order valence-electron chi connectivity index (χ0n) is 14.6. The first-order chi connectivity index (χ1) is 12.6. The fourth-order valence-electron chi connectivity index (χ4n) is 3.52. The Morgan fingerprint density at radius 1 is 1.42 bits per heavy atom. The number of nitrogens with zero attached hydrogens (tertiary/aromatic N) is 4. The lowest BCUT2D eigenvalue weighted by molar-refractivity contribution is 0.0955. The molecule has 0 saturated carbocycles. The quantitative estimate of drug-likeness (QED) is 0.750. The average molecular weight is 356 g/mol. The third kappa shape index (κ3) is 3.20. The van der Waals surface area contributed by atoms with Crippen LogP contribution in [0.4, 0.5) is 4.39 Å². The topological polar surface area (TPSA) is 78.8 Å². The van der Waals surface area contributed by atoms with Gasteiger partial charge in [-0.1, -0.05) is 6.07 Å². The number of carbonyl (C=O) groups excluding carboxylic acids is 1. The van der Waals surface area contributed by atoms with Crippen LogP contribution in [0.3, 0.4) is 0 Å². The Bertz CT molecular complexity index is 933. The standard InChI is InChI=1S/C18H21FN6O/c1-20-18(26)15-7-9-25(23-15)12-4-3-8-24(10-12)11-16-21-14-6-2-5-13(19)17(14)22-16/h2,5-7,9,12H,3-4,8,10-11H2,1H3,(H,20,26)(H,21,22)/t12-/m0/s1. The predicted molar refractivity (Wildman–Crippen MR) is 95.2 cm³/mol. The van der Waals surface area contributed by atoms with E-state index in [9.17, 15) is 9.18 Å². The van der Waals surface area contributed by atoms with Crippen LogP contribution in [-0.2, 0) is 6.54 Å². The molecule has 1 aliphatic rings. The average Bonchev–Trinajstić information content (AvgIpc) is 3.29. The number of para-hydroxylation sites is 1. The van der Waals surface area contributed by atoms with Crippen molar-refractivity contribution in [2.75, 3.05) is 20.1 Å². The highest BCUT2D eigenvalue weighted by atomic mass is 19.1. The SMILES string of the molecule is CNC(=O)c1ccn([C@H]2CCCN(Cc3nc4c(F)cccc4[nH]3)C2)n1. The summed E-state index contributed by atoms with van der Waals surface area (Å²) in [6.07, 6.45) is 3.91. The summed E-state index contributed by atoms with van der Waals surface area (Å²) in [7, 11) is 1.60. The van der Waals surface area contributed by atoms with Crippen LogP contribution in [-0.4, -0.2) is 50.7 Å². The maximum Gasteiger partial charge on any atom is 0.271 e. The number of piperidine rings is 1. The highest BCUT2D eigenvalue weighted by molar-refractivity contribution is 5.91. The van der Waals surface area contributed by atoms with Gasteiger partial charge in [0.25, 0.3) is 5.91 Å². The first kappa shape index (κ1) is 16.7. The van der Waals surface area contributed by atoms with E-state index in [1.54, 1.807) is 19.2 Å². The minimum atomic E-state index is -0.306. The molecule has 0 spiro atoms. The van der Waals surface area contributed by atoms with E-state index in [0.29, 0.717) is 17.8 Å². The predicted octanol–water partition coefficient (Wildman–Crippen LogP) is 2.10. The van der Waals surface area contributed by atoms with Crippen molar-refractivity contribution in [2.45, 2.75) is 25.4 Å². The molecule has 1 amide bonds. The Hall–Kier alpha value is -2.74. The van der Waals surface area contributed by atoms with Gasteiger partial charge in [0.15, 0.2) is 5.82 Å². The Morgan fingerprint density at radius 2 is 2.31 bits per heavy atom. The van der Waals surface area contributed by atoms with Gasteiger partial charge in [-0.15, -0.1) is 0 Å². The number of benzene rings is 1. The van der Waals surface area contributed by atoms with E-state index < -0.39 is 0 Å². The molecule has 3 heterocycles. The van der Waals surface area contributed by atoms with Crippen LogP contribution in [0.1, 0.15) is 35.2 Å². The normalized spacial score (nSPS) is 18.3. The number of imidazole rings is 1. The summed E-state index contributed by atoms with van der Waals surface area (Å²) in [5, 5.41) is 6.99. The summed E-state index contributed by atoms with van der Waals surface area (Å²) >= 11 is 0. The fraction of sp³-hybridized carbons (Fsp3) is 0.389. The zero-order chi connectivity index (χ0) is 18.1. The maximum atomic E-state index is 13.8. The molecule has 8 heteroatoms. The Balaban J connectivity index is 1.47. The molecule has 4 rings (SSSR count). The van der Waals surface area contributed by atoms with E-state index in [4.69, 9.17) is 0 Å². The fourth-order valence-corrected chi connectivity index (χ4v) is 3.52. The summed E-state index contributed by atoms with van der Waals surface area (Å²) in [6.45, 7) is 2.40. The van der Waals surface area contributed by atoms with Crippen LogP contribution in [0.5, 0.6) is 0 Å². The van der Waals surface area contributed by atoms with Crippen molar-refractivity contribution in [1.29, 1.82) is 0 Å². The minimum Gasteiger partial charge on any atom is -0.354 e. The second kappa shape index (κ2) is 6.87. The Morgan fingerprint density at radius 3 is 3.12 bits per heavy atom. The molecule has 0 unspecified atom stereocenters. The van der Waals surface area contributed by atoms with Gasteiger partial charge in [-0.3, -0.25) is 14.4 Å². The number of aromatic amines is 1. The molecule has 1 aliphatic heterocycles. The van der Waals surface area contributed by atoms with Crippen molar-refractivity contribution in [3.63, 3.8) is 0 Å². The highest BCUT2D eigenvalue weighted by Gasteiger charge is 2.23. The molecule has 3 aromatic rings. The third-order valence-electron chi connectivity index (χ3n) is 4.81. The molecule has 1 atom stereocenters. The summed E-state index contributed by atoms with van der Waals surface area (Å²) in [5.41, 5.74) is 1.53. The first-order valence-corrected chi connectivity index (χ1v) is 8.77. The number of hydrogen-bond donors (Lipinski definition) is 2. The van der Waals surface area contributed by atoms with Gasteiger partial charge in [-0.25, -0.2) is 9.37 Å². The Kier molecular flexibility index (Phi) is 4.42. The van der Waals surface area contributed by atoms with Crippen molar-refractivity contribution in [2.24, 2.45) is 0 Å². The molecule has 2 aromatic heterocycles. The minimum absolute atomic E-state index is 0.180. The first-order valence-electron chi connectivity index (χ1n) is 8.77. The lowest BCUT2D eigenvalue weighted by Gasteiger charge is -2.32. The molecule has 0 aliphatic carbocycles. The second-order valence-corrected chi connectivity index (χ2v) is 6.61. The van der Waals surface area contributed by atoms with Gasteiger partial charge in [0, 0.05) is 19.8 Å². The number of fused-ring (bicyclic) bond motifs is 1. The number of hydrogen-bond acceptors (Lipinski definition) is 4. The molecule has 0 bridgehead atoms. The van der Waals surface area contributed by atoms with Crippen LogP contribution in [0, 0.1) is 5.82 Å². The van der Waals surface area contributed by atoms with Gasteiger partial charge in [-0.05, 0) is 37.6 Å². The highest BCUT2D eigenvalue weighted by Crippen LogP contribution is 2.23. The lowest BCUT2D eigenvalue weighted by atomic mass is 10.1. The number of carbonyl (C=O) groups is 1. The number of aromatic nitrogens is 4. The molecule has 136 valence electrons. The van der Waals surface area contributed by atoms with Crippen molar-refractivity contribution >= 4 is 16.9 Å². The van der Waals surface area contributed by atoms with E-state index in [1.807, 2.05) is 16.9 Å². The summed E-state index contributed by atoms with van der Waals surface area (Å²) in [6, 6.07) is 6.88. The summed E-state index contributed by atoms with van der Waals surface area (Å²) in [4.78, 5) is 21.6. The molecule has 2 N–H and O–H groups in total. The largest absolute Gasteiger partial charge is 0.354 e. The molecular weight excluding hydrogens is 335 g/mol. The number of amides is 1. The van der Waals surface area contributed by atoms with Crippen LogP contribution in [0.15, 0.2) is 30.5 Å². The molecule has 0 radical (unpaired) electrons. The van der Waals surface area contributed by atoms with Gasteiger partial charge in [0.2, 0.25) is 0 Å². The van der Waals surface area contributed by atoms with Gasteiger partial charge < -0.3 is 10.3 Å². The van der Waals surface area contributed by atoms with Gasteiger partial charge >= 0.3 is 0 Å². The molecule has 1 saturated heterocycles. The molecular formula is C18H21FN6O. The van der Waals surface area contributed by atoms with E-state index in [0.717, 1.165) is 37.3 Å². The van der Waals surface area contributed by atoms with Crippen LogP contribution < -0.4 is 5.32 Å². The zero-order valence-corrected chi connectivity index (χ0v) is 14.6. The number of likely N-dealkylation sites (tertiary alicyclic amines) is 1. The van der Waals surface area contributed by atoms with Crippen LogP contribution in [0.25, 0.3) is 11.0 Å². The lowest BCUT2D eigenvalue weighted by Crippen LogP contribution is -2.36. The number of rotatable bonds is 4. The van der Waals surface area contributed by atoms with Gasteiger partial charge in [0.05, 0.1) is 18.1 Å². The number of halogens is 1. The number of nitrogens with one attached hydrogen (secondary N) is 2. The summed E-state index contributed by atoms with van der Waals surface area (Å²) in [5.74, 6) is 0.276. The summed E-state index contributed by atoms with van der Waals surface area (Å²) < 4.78 is 15.7.